The predicted molar refractivity (Wildman–Crippen MR) is 146 cm³/mol. The van der Waals surface area contributed by atoms with Crippen LogP contribution in [0.1, 0.15) is 34.3 Å². The highest BCUT2D eigenvalue weighted by atomic mass is 35.5. The molecule has 0 saturated carbocycles. The van der Waals surface area contributed by atoms with Gasteiger partial charge < -0.3 is 10.6 Å². The Morgan fingerprint density at radius 1 is 0.865 bits per heavy atom. The normalized spacial score (nSPS) is 14.7. The molecular weight excluding hydrogens is 510 g/mol. The SMILES string of the molecule is O=C(NCCc1ccccc1)c1ccccc1NC(=O)C1CCN(S(=O)(=O)Cc2ccc(Cl)cc2)CC1. The van der Waals surface area contributed by atoms with E-state index in [1.54, 1.807) is 48.5 Å². The molecule has 1 heterocycles. The Hall–Kier alpha value is -3.20. The fraction of sp³-hybridized carbons (Fsp3) is 0.286. The van der Waals surface area contributed by atoms with Crippen LogP contribution in [0.3, 0.4) is 0 Å². The fourth-order valence-electron chi connectivity index (χ4n) is 4.36. The van der Waals surface area contributed by atoms with E-state index in [0.717, 1.165) is 5.56 Å². The lowest BCUT2D eigenvalue weighted by Gasteiger charge is -2.30. The zero-order chi connectivity index (χ0) is 26.3. The number of anilines is 1. The first-order valence-corrected chi connectivity index (χ1v) is 14.2. The maximum absolute atomic E-state index is 13.0. The number of carbonyl (C=O) groups excluding carboxylic acids is 2. The number of para-hydroxylation sites is 1. The first-order valence-electron chi connectivity index (χ1n) is 12.3. The lowest BCUT2D eigenvalue weighted by atomic mass is 9.97. The molecule has 2 N–H and O–H groups in total. The standard InChI is InChI=1S/C28H30ClN3O4S/c29-24-12-10-22(11-13-24)20-37(35,36)32-18-15-23(16-19-32)27(33)31-26-9-5-4-8-25(26)28(34)30-17-14-21-6-2-1-3-7-21/h1-13,23H,14-20H2,(H,30,34)(H,31,33). The van der Waals surface area contributed by atoms with Crippen molar-refractivity contribution in [3.05, 3.63) is 101 Å². The Labute approximate surface area is 222 Å². The Balaban J connectivity index is 1.30. The molecule has 4 rings (SSSR count). The van der Waals surface area contributed by atoms with E-state index in [1.807, 2.05) is 30.3 Å². The summed E-state index contributed by atoms with van der Waals surface area (Å²) in [6, 6.07) is 23.5. The Bertz CT molecular complexity index is 1320. The highest BCUT2D eigenvalue weighted by molar-refractivity contribution is 7.88. The quantitative estimate of drug-likeness (QED) is 0.419. The van der Waals surface area contributed by atoms with Gasteiger partial charge in [0.2, 0.25) is 15.9 Å². The van der Waals surface area contributed by atoms with Crippen molar-refractivity contribution in [1.29, 1.82) is 0 Å². The van der Waals surface area contributed by atoms with Crippen molar-refractivity contribution in [2.24, 2.45) is 5.92 Å². The summed E-state index contributed by atoms with van der Waals surface area (Å²) in [7, 11) is -3.50. The molecule has 0 radical (unpaired) electrons. The average Bonchev–Trinajstić information content (AvgIpc) is 2.91. The van der Waals surface area contributed by atoms with Gasteiger partial charge in [-0.25, -0.2) is 12.7 Å². The minimum atomic E-state index is -3.50. The van der Waals surface area contributed by atoms with E-state index in [0.29, 0.717) is 47.6 Å². The van der Waals surface area contributed by atoms with Crippen LogP contribution >= 0.6 is 11.6 Å². The molecule has 2 amide bonds. The van der Waals surface area contributed by atoms with E-state index in [1.165, 1.54) is 4.31 Å². The number of benzene rings is 3. The molecular formula is C28H30ClN3O4S. The van der Waals surface area contributed by atoms with Gasteiger partial charge in [-0.3, -0.25) is 9.59 Å². The number of nitrogens with one attached hydrogen (secondary N) is 2. The van der Waals surface area contributed by atoms with Crippen molar-refractivity contribution >= 4 is 39.1 Å². The second-order valence-electron chi connectivity index (χ2n) is 9.08. The maximum atomic E-state index is 13.0. The molecule has 0 aliphatic carbocycles. The second-order valence-corrected chi connectivity index (χ2v) is 11.5. The van der Waals surface area contributed by atoms with Gasteiger partial charge >= 0.3 is 0 Å². The van der Waals surface area contributed by atoms with E-state index in [4.69, 9.17) is 11.6 Å². The maximum Gasteiger partial charge on any atom is 0.253 e. The van der Waals surface area contributed by atoms with Gasteiger partial charge in [-0.2, -0.15) is 0 Å². The minimum Gasteiger partial charge on any atom is -0.352 e. The van der Waals surface area contributed by atoms with Crippen LogP contribution in [0.2, 0.25) is 5.02 Å². The van der Waals surface area contributed by atoms with E-state index >= 15 is 0 Å². The van der Waals surface area contributed by atoms with Crippen LogP contribution in [0.25, 0.3) is 0 Å². The first kappa shape index (κ1) is 26.9. The van der Waals surface area contributed by atoms with Gasteiger partial charge in [0, 0.05) is 30.6 Å². The summed E-state index contributed by atoms with van der Waals surface area (Å²) >= 11 is 5.89. The topological polar surface area (TPSA) is 95.6 Å². The molecule has 1 fully saturated rings. The molecule has 1 aliphatic heterocycles. The highest BCUT2D eigenvalue weighted by Crippen LogP contribution is 2.24. The molecule has 1 aliphatic rings. The van der Waals surface area contributed by atoms with Crippen LogP contribution < -0.4 is 10.6 Å². The lowest BCUT2D eigenvalue weighted by Crippen LogP contribution is -2.42. The number of hydrogen-bond acceptors (Lipinski definition) is 4. The van der Waals surface area contributed by atoms with Gasteiger partial charge in [-0.15, -0.1) is 0 Å². The van der Waals surface area contributed by atoms with Crippen molar-refractivity contribution in [1.82, 2.24) is 9.62 Å². The molecule has 0 bridgehead atoms. The molecule has 0 aromatic heterocycles. The van der Waals surface area contributed by atoms with E-state index in [9.17, 15) is 18.0 Å². The minimum absolute atomic E-state index is 0.103. The highest BCUT2D eigenvalue weighted by Gasteiger charge is 2.31. The third kappa shape index (κ3) is 7.41. The third-order valence-corrected chi connectivity index (χ3v) is 8.55. The molecule has 3 aromatic carbocycles. The number of halogens is 1. The summed E-state index contributed by atoms with van der Waals surface area (Å²) < 4.78 is 27.1. The number of sulfonamides is 1. The molecule has 1 saturated heterocycles. The molecule has 9 heteroatoms. The van der Waals surface area contributed by atoms with Crippen LogP contribution in [0.5, 0.6) is 0 Å². The van der Waals surface area contributed by atoms with Gasteiger partial charge in [0.1, 0.15) is 0 Å². The van der Waals surface area contributed by atoms with E-state index in [-0.39, 0.29) is 36.6 Å². The van der Waals surface area contributed by atoms with Crippen LogP contribution in [-0.4, -0.2) is 44.2 Å². The fourth-order valence-corrected chi connectivity index (χ4v) is 6.05. The van der Waals surface area contributed by atoms with Crippen molar-refractivity contribution in [3.63, 3.8) is 0 Å². The molecule has 0 spiro atoms. The van der Waals surface area contributed by atoms with Gasteiger partial charge in [-0.1, -0.05) is 66.2 Å². The van der Waals surface area contributed by atoms with Crippen LogP contribution in [0, 0.1) is 5.92 Å². The Morgan fingerprint density at radius 2 is 1.51 bits per heavy atom. The van der Waals surface area contributed by atoms with Crippen molar-refractivity contribution in [2.75, 3.05) is 25.0 Å². The summed E-state index contributed by atoms with van der Waals surface area (Å²) in [5, 5.41) is 6.36. The van der Waals surface area contributed by atoms with Gasteiger partial charge in [0.05, 0.1) is 17.0 Å². The molecule has 0 unspecified atom stereocenters. The number of nitrogens with zero attached hydrogens (tertiary/aromatic N) is 1. The van der Waals surface area contributed by atoms with Gasteiger partial charge in [0.25, 0.3) is 5.91 Å². The molecule has 0 atom stereocenters. The van der Waals surface area contributed by atoms with Crippen LogP contribution in [0.4, 0.5) is 5.69 Å². The van der Waals surface area contributed by atoms with Crippen molar-refractivity contribution < 1.29 is 18.0 Å². The van der Waals surface area contributed by atoms with Crippen molar-refractivity contribution in [3.8, 4) is 0 Å². The first-order chi connectivity index (χ1) is 17.8. The molecule has 7 nitrogen and oxygen atoms in total. The zero-order valence-corrected chi connectivity index (χ0v) is 22.0. The zero-order valence-electron chi connectivity index (χ0n) is 20.4. The third-order valence-electron chi connectivity index (χ3n) is 6.45. The summed E-state index contributed by atoms with van der Waals surface area (Å²) in [4.78, 5) is 25.8. The average molecular weight is 540 g/mol. The summed E-state index contributed by atoms with van der Waals surface area (Å²) in [6.07, 6.45) is 1.54. The summed E-state index contributed by atoms with van der Waals surface area (Å²) in [5.74, 6) is -0.904. The van der Waals surface area contributed by atoms with Crippen molar-refractivity contribution in [2.45, 2.75) is 25.0 Å². The van der Waals surface area contributed by atoms with Crippen LogP contribution in [-0.2, 0) is 27.0 Å². The Kier molecular flexibility index (Phi) is 8.97. The van der Waals surface area contributed by atoms with Crippen LogP contribution in [0.15, 0.2) is 78.9 Å². The monoisotopic (exact) mass is 539 g/mol. The second kappa shape index (κ2) is 12.4. The number of rotatable bonds is 9. The molecule has 37 heavy (non-hydrogen) atoms. The predicted octanol–water partition coefficient (Wildman–Crippen LogP) is 4.49. The number of hydrogen-bond donors (Lipinski definition) is 2. The molecule has 194 valence electrons. The number of piperidine rings is 1. The number of carbonyl (C=O) groups is 2. The van der Waals surface area contributed by atoms with E-state index in [2.05, 4.69) is 10.6 Å². The largest absolute Gasteiger partial charge is 0.352 e. The van der Waals surface area contributed by atoms with E-state index < -0.39 is 10.0 Å². The summed E-state index contributed by atoms with van der Waals surface area (Å²) in [6.45, 7) is 1.03. The smallest absolute Gasteiger partial charge is 0.253 e. The lowest BCUT2D eigenvalue weighted by molar-refractivity contribution is -0.120. The van der Waals surface area contributed by atoms with Gasteiger partial charge in [-0.05, 0) is 54.7 Å². The Morgan fingerprint density at radius 3 is 2.22 bits per heavy atom. The molecule has 3 aromatic rings. The summed E-state index contributed by atoms with van der Waals surface area (Å²) in [5.41, 5.74) is 2.64. The number of amides is 2. The van der Waals surface area contributed by atoms with Gasteiger partial charge in [0.15, 0.2) is 0 Å².